The molecule has 0 atom stereocenters. The number of anilines is 1. The van der Waals surface area contributed by atoms with E-state index in [0.29, 0.717) is 37.2 Å². The fourth-order valence-corrected chi connectivity index (χ4v) is 5.18. The van der Waals surface area contributed by atoms with Crippen LogP contribution >= 0.6 is 35.6 Å². The van der Waals surface area contributed by atoms with Gasteiger partial charge in [0.05, 0.1) is 16.3 Å². The normalized spacial score (nSPS) is 15.0. The van der Waals surface area contributed by atoms with Crippen molar-refractivity contribution in [1.29, 1.82) is 0 Å². The maximum absolute atomic E-state index is 13.4. The summed E-state index contributed by atoms with van der Waals surface area (Å²) >= 11 is 12.6. The molecule has 2 aromatic carbocycles. The van der Waals surface area contributed by atoms with E-state index >= 15 is 0 Å². The molecule has 1 fully saturated rings. The molecule has 0 aliphatic carbocycles. The highest BCUT2D eigenvalue weighted by molar-refractivity contribution is 8.27. The van der Waals surface area contributed by atoms with E-state index in [1.54, 1.807) is 42.9 Å². The van der Waals surface area contributed by atoms with Gasteiger partial charge in [0, 0.05) is 23.7 Å². The Morgan fingerprint density at radius 3 is 2.41 bits per heavy atom. The number of benzene rings is 2. The quantitative estimate of drug-likeness (QED) is 0.258. The molecule has 0 saturated carbocycles. The highest BCUT2D eigenvalue weighted by atomic mass is 35.5. The lowest BCUT2D eigenvalue weighted by atomic mass is 10.2. The number of rotatable bonds is 4. The highest BCUT2D eigenvalue weighted by Gasteiger charge is 2.38. The van der Waals surface area contributed by atoms with Gasteiger partial charge < -0.3 is 4.42 Å². The molecule has 0 bridgehead atoms. The van der Waals surface area contributed by atoms with Gasteiger partial charge >= 0.3 is 0 Å². The van der Waals surface area contributed by atoms with Gasteiger partial charge in [-0.15, -0.1) is 0 Å². The first-order valence-corrected chi connectivity index (χ1v) is 11.9. The molecule has 0 unspecified atom stereocenters. The maximum Gasteiger partial charge on any atom is 0.296 e. The van der Waals surface area contributed by atoms with Gasteiger partial charge in [0.1, 0.15) is 17.2 Å². The van der Waals surface area contributed by atoms with Gasteiger partial charge in [-0.1, -0.05) is 53.8 Å². The summed E-state index contributed by atoms with van der Waals surface area (Å²) in [6.45, 7) is 1.80. The van der Waals surface area contributed by atoms with Crippen molar-refractivity contribution in [1.82, 2.24) is 9.36 Å². The van der Waals surface area contributed by atoms with Crippen molar-refractivity contribution in [3.8, 4) is 17.0 Å². The van der Waals surface area contributed by atoms with Crippen molar-refractivity contribution in [2.45, 2.75) is 6.92 Å². The number of nitrogens with zero attached hydrogens (tertiary/aromatic N) is 3. The number of aromatic nitrogens is 2. The van der Waals surface area contributed by atoms with E-state index in [9.17, 15) is 9.59 Å². The Morgan fingerprint density at radius 1 is 1.00 bits per heavy atom. The number of thiocarbonyl (C=S) groups is 1. The monoisotopic (exact) mass is 507 g/mol. The number of carbonyl (C=O) groups excluding carboxylic acids is 1. The van der Waals surface area contributed by atoms with Crippen LogP contribution in [0, 0.1) is 6.92 Å². The number of hydrogen-bond donors (Lipinski definition) is 0. The smallest absolute Gasteiger partial charge is 0.296 e. The third-order valence-corrected chi connectivity index (χ3v) is 7.12. The average Bonchev–Trinajstić information content (AvgIpc) is 3.46. The largest absolute Gasteiger partial charge is 0.457 e. The number of hydrogen-bond acceptors (Lipinski definition) is 5. The average molecular weight is 508 g/mol. The number of amides is 1. The van der Waals surface area contributed by atoms with Crippen LogP contribution in [0.4, 0.5) is 5.69 Å². The number of para-hydroxylation sites is 1. The first kappa shape index (κ1) is 22.5. The molecular weight excluding hydrogens is 490 g/mol. The molecule has 34 heavy (non-hydrogen) atoms. The molecule has 9 heteroatoms. The molecule has 2 aromatic heterocycles. The Hall–Kier alpha value is -3.33. The minimum Gasteiger partial charge on any atom is -0.457 e. The van der Waals surface area contributed by atoms with Gasteiger partial charge in [-0.3, -0.25) is 19.2 Å². The van der Waals surface area contributed by atoms with Crippen molar-refractivity contribution in [3.63, 3.8) is 0 Å². The first-order chi connectivity index (χ1) is 16.3. The second-order valence-corrected chi connectivity index (χ2v) is 9.75. The lowest BCUT2D eigenvalue weighted by Gasteiger charge is -2.12. The zero-order valence-electron chi connectivity index (χ0n) is 18.2. The van der Waals surface area contributed by atoms with Gasteiger partial charge in [-0.25, -0.2) is 4.68 Å². The van der Waals surface area contributed by atoms with Crippen LogP contribution in [0.1, 0.15) is 11.5 Å². The fraction of sp³-hybridized carbons (Fsp3) is 0.0800. The van der Waals surface area contributed by atoms with Gasteiger partial charge in [-0.05, 0) is 55.5 Å². The Morgan fingerprint density at radius 2 is 1.71 bits per heavy atom. The second-order valence-electron chi connectivity index (χ2n) is 7.64. The van der Waals surface area contributed by atoms with Crippen LogP contribution in [0.2, 0.25) is 5.02 Å². The summed E-state index contributed by atoms with van der Waals surface area (Å²) in [6.07, 6.45) is 1.65. The summed E-state index contributed by atoms with van der Waals surface area (Å²) in [7, 11) is 1.78. The zero-order valence-corrected chi connectivity index (χ0v) is 20.6. The molecule has 3 heterocycles. The van der Waals surface area contributed by atoms with E-state index in [0.717, 1.165) is 17.3 Å². The summed E-state index contributed by atoms with van der Waals surface area (Å²) in [5.74, 6) is 0.811. The lowest BCUT2D eigenvalue weighted by molar-refractivity contribution is -0.113. The summed E-state index contributed by atoms with van der Waals surface area (Å²) in [5, 5.41) is 0.640. The topological polar surface area (TPSA) is 60.4 Å². The predicted octanol–water partition coefficient (Wildman–Crippen LogP) is 5.80. The van der Waals surface area contributed by atoms with Crippen molar-refractivity contribution >= 4 is 57.6 Å². The third-order valence-electron chi connectivity index (χ3n) is 5.57. The third kappa shape index (κ3) is 3.83. The Balaban J connectivity index is 1.49. The maximum atomic E-state index is 13.4. The van der Waals surface area contributed by atoms with E-state index in [-0.39, 0.29) is 17.2 Å². The predicted molar refractivity (Wildman–Crippen MR) is 141 cm³/mol. The molecule has 4 aromatic rings. The van der Waals surface area contributed by atoms with E-state index in [1.807, 2.05) is 48.5 Å². The molecule has 1 saturated heterocycles. The van der Waals surface area contributed by atoms with Crippen LogP contribution in [0.5, 0.6) is 0 Å². The van der Waals surface area contributed by atoms with Gasteiger partial charge in [0.15, 0.2) is 4.32 Å². The standard InChI is InChI=1S/C25H18ClN3O3S2/c1-15-22(24(31)29(27(15)2)18-6-4-3-5-7-18)28-23(30)21(34-25(28)33)14-19-12-13-20(32-19)16-8-10-17(26)11-9-16/h3-14H,1-2H3/b21-14+. The van der Waals surface area contributed by atoms with Crippen LogP contribution < -0.4 is 10.5 Å². The SMILES string of the molecule is Cc1c(N2C(=O)/C(=C\c3ccc(-c4ccc(Cl)cc4)o3)SC2=S)c(=O)n(-c2ccccc2)n1C. The number of thioether (sulfide) groups is 1. The molecule has 1 aliphatic rings. The minimum atomic E-state index is -0.356. The molecule has 0 spiro atoms. The van der Waals surface area contributed by atoms with Gasteiger partial charge in [0.2, 0.25) is 0 Å². The van der Waals surface area contributed by atoms with Crippen molar-refractivity contribution in [3.05, 3.63) is 98.5 Å². The highest BCUT2D eigenvalue weighted by Crippen LogP contribution is 2.37. The van der Waals surface area contributed by atoms with Crippen molar-refractivity contribution in [2.24, 2.45) is 7.05 Å². The van der Waals surface area contributed by atoms with Gasteiger partial charge in [-0.2, -0.15) is 0 Å². The molecular formula is C25H18ClN3O3S2. The van der Waals surface area contributed by atoms with Gasteiger partial charge in [0.25, 0.3) is 11.5 Å². The number of carbonyl (C=O) groups is 1. The van der Waals surface area contributed by atoms with E-state index < -0.39 is 0 Å². The van der Waals surface area contributed by atoms with Crippen LogP contribution in [-0.2, 0) is 11.8 Å². The summed E-state index contributed by atoms with van der Waals surface area (Å²) < 4.78 is 9.45. The summed E-state index contributed by atoms with van der Waals surface area (Å²) in [6, 6.07) is 20.2. The molecule has 6 nitrogen and oxygen atoms in total. The van der Waals surface area contributed by atoms with Crippen LogP contribution in [-0.4, -0.2) is 19.6 Å². The van der Waals surface area contributed by atoms with E-state index in [1.165, 1.54) is 9.58 Å². The van der Waals surface area contributed by atoms with Crippen LogP contribution in [0.25, 0.3) is 23.1 Å². The summed E-state index contributed by atoms with van der Waals surface area (Å²) in [5.41, 5.74) is 2.15. The minimum absolute atomic E-state index is 0.249. The first-order valence-electron chi connectivity index (χ1n) is 10.3. The second kappa shape index (κ2) is 8.79. The zero-order chi connectivity index (χ0) is 24.0. The number of halogens is 1. The molecule has 1 amide bonds. The van der Waals surface area contributed by atoms with Crippen molar-refractivity contribution in [2.75, 3.05) is 4.90 Å². The Kier molecular flexibility index (Phi) is 5.81. The Bertz CT molecular complexity index is 1520. The molecule has 170 valence electrons. The lowest BCUT2D eigenvalue weighted by Crippen LogP contribution is -2.33. The van der Waals surface area contributed by atoms with E-state index in [2.05, 4.69) is 0 Å². The van der Waals surface area contributed by atoms with Crippen LogP contribution in [0.3, 0.4) is 0 Å². The van der Waals surface area contributed by atoms with E-state index in [4.69, 9.17) is 28.2 Å². The Labute approximate surface area is 210 Å². The van der Waals surface area contributed by atoms with Crippen molar-refractivity contribution < 1.29 is 9.21 Å². The molecule has 1 aliphatic heterocycles. The molecule has 0 N–H and O–H groups in total. The molecule has 5 rings (SSSR count). The molecule has 0 radical (unpaired) electrons. The summed E-state index contributed by atoms with van der Waals surface area (Å²) in [4.78, 5) is 28.4. The number of furan rings is 1. The van der Waals surface area contributed by atoms with Crippen LogP contribution in [0.15, 0.2) is 80.8 Å². The fourth-order valence-electron chi connectivity index (χ4n) is 3.80.